The van der Waals surface area contributed by atoms with Crippen molar-refractivity contribution < 1.29 is 0 Å². The first-order valence-electron chi connectivity index (χ1n) is 8.07. The molecule has 4 nitrogen and oxygen atoms in total. The summed E-state index contributed by atoms with van der Waals surface area (Å²) in [6.45, 7) is 5.20. The molecule has 1 aliphatic heterocycles. The molecule has 2 heterocycles. The number of nitrogens with two attached hydrogens (primary N) is 1. The molecule has 1 atom stereocenters. The van der Waals surface area contributed by atoms with Crippen LogP contribution < -0.4 is 5.73 Å². The van der Waals surface area contributed by atoms with E-state index in [4.69, 9.17) is 5.73 Å². The predicted molar refractivity (Wildman–Crippen MR) is 89.3 cm³/mol. The van der Waals surface area contributed by atoms with Crippen LogP contribution in [-0.2, 0) is 6.54 Å². The lowest BCUT2D eigenvalue weighted by Gasteiger charge is -2.19. The second-order valence-corrected chi connectivity index (χ2v) is 6.20. The Labute approximate surface area is 132 Å². The monoisotopic (exact) mass is 296 g/mol. The average molecular weight is 296 g/mol. The summed E-state index contributed by atoms with van der Waals surface area (Å²) in [6, 6.07) is 8.59. The van der Waals surface area contributed by atoms with Crippen molar-refractivity contribution in [2.75, 3.05) is 13.1 Å². The number of rotatable bonds is 3. The van der Waals surface area contributed by atoms with Crippen LogP contribution in [0.5, 0.6) is 0 Å². The van der Waals surface area contributed by atoms with Crippen molar-refractivity contribution in [1.82, 2.24) is 14.9 Å². The molecule has 0 spiro atoms. The van der Waals surface area contributed by atoms with E-state index in [1.54, 1.807) is 0 Å². The van der Waals surface area contributed by atoms with Gasteiger partial charge in [0.05, 0.1) is 0 Å². The molecule has 0 amide bonds. The number of aromatic nitrogens is 2. The number of benzene rings is 1. The number of likely N-dealkylation sites (tertiary alicyclic amines) is 1. The van der Waals surface area contributed by atoms with E-state index in [-0.39, 0.29) is 0 Å². The maximum Gasteiger partial charge on any atom is 0.159 e. The highest BCUT2D eigenvalue weighted by atomic mass is 15.1. The topological polar surface area (TPSA) is 55.0 Å². The standard InChI is InChI=1S/C18H24N4/c1-14-5-2-3-7-17(14)18-20-11-15(12-21-18)13-22-9-4-6-16(19)8-10-22/h2-3,5,7,11-12,16H,4,6,8-10,13,19H2,1H3/t16-/m0/s1. The molecular weight excluding hydrogens is 272 g/mol. The fourth-order valence-corrected chi connectivity index (χ4v) is 3.00. The van der Waals surface area contributed by atoms with Crippen LogP contribution in [0.4, 0.5) is 0 Å². The Balaban J connectivity index is 1.68. The molecule has 0 radical (unpaired) electrons. The predicted octanol–water partition coefficient (Wildman–Crippen LogP) is 2.77. The summed E-state index contributed by atoms with van der Waals surface area (Å²) in [5.74, 6) is 0.805. The lowest BCUT2D eigenvalue weighted by molar-refractivity contribution is 0.275. The average Bonchev–Trinajstić information content (AvgIpc) is 2.73. The zero-order valence-corrected chi connectivity index (χ0v) is 13.2. The minimum Gasteiger partial charge on any atom is -0.328 e. The molecule has 1 saturated heterocycles. The summed E-state index contributed by atoms with van der Waals surface area (Å²) < 4.78 is 0. The van der Waals surface area contributed by atoms with Crippen molar-refractivity contribution in [3.63, 3.8) is 0 Å². The minimum atomic E-state index is 0.365. The Morgan fingerprint density at radius 3 is 2.68 bits per heavy atom. The molecule has 3 rings (SSSR count). The zero-order chi connectivity index (χ0) is 15.4. The van der Waals surface area contributed by atoms with Gasteiger partial charge in [0.15, 0.2) is 5.82 Å². The molecular formula is C18H24N4. The Morgan fingerprint density at radius 2 is 1.91 bits per heavy atom. The first-order valence-corrected chi connectivity index (χ1v) is 8.07. The number of aryl methyl sites for hydroxylation is 1. The molecule has 0 saturated carbocycles. The smallest absolute Gasteiger partial charge is 0.159 e. The third kappa shape index (κ3) is 3.70. The van der Waals surface area contributed by atoms with Gasteiger partial charge in [-0.2, -0.15) is 0 Å². The van der Waals surface area contributed by atoms with Gasteiger partial charge in [-0.25, -0.2) is 9.97 Å². The van der Waals surface area contributed by atoms with Gasteiger partial charge in [0.1, 0.15) is 0 Å². The molecule has 1 fully saturated rings. The van der Waals surface area contributed by atoms with Gasteiger partial charge >= 0.3 is 0 Å². The van der Waals surface area contributed by atoms with Gasteiger partial charge in [0.25, 0.3) is 0 Å². The number of nitrogens with zero attached hydrogens (tertiary/aromatic N) is 3. The summed E-state index contributed by atoms with van der Waals surface area (Å²) >= 11 is 0. The molecule has 1 aromatic heterocycles. The molecule has 0 bridgehead atoms. The van der Waals surface area contributed by atoms with Crippen molar-refractivity contribution in [1.29, 1.82) is 0 Å². The molecule has 22 heavy (non-hydrogen) atoms. The van der Waals surface area contributed by atoms with Gasteiger partial charge in [0, 0.05) is 36.1 Å². The van der Waals surface area contributed by atoms with Crippen LogP contribution in [0.1, 0.15) is 30.4 Å². The van der Waals surface area contributed by atoms with E-state index in [1.807, 2.05) is 24.5 Å². The van der Waals surface area contributed by atoms with Gasteiger partial charge in [-0.3, -0.25) is 4.90 Å². The van der Waals surface area contributed by atoms with E-state index < -0.39 is 0 Å². The van der Waals surface area contributed by atoms with Crippen molar-refractivity contribution in [2.24, 2.45) is 5.73 Å². The Morgan fingerprint density at radius 1 is 1.14 bits per heavy atom. The van der Waals surface area contributed by atoms with E-state index in [1.165, 1.54) is 17.5 Å². The first kappa shape index (κ1) is 15.1. The van der Waals surface area contributed by atoms with E-state index >= 15 is 0 Å². The minimum absolute atomic E-state index is 0.365. The maximum absolute atomic E-state index is 6.04. The maximum atomic E-state index is 6.04. The Hall–Kier alpha value is -1.78. The molecule has 2 N–H and O–H groups in total. The molecule has 116 valence electrons. The lowest BCUT2D eigenvalue weighted by atomic mass is 10.1. The highest BCUT2D eigenvalue weighted by Gasteiger charge is 2.14. The van der Waals surface area contributed by atoms with Crippen LogP contribution in [0, 0.1) is 6.92 Å². The second-order valence-electron chi connectivity index (χ2n) is 6.20. The van der Waals surface area contributed by atoms with Crippen LogP contribution in [0.2, 0.25) is 0 Å². The van der Waals surface area contributed by atoms with Crippen molar-refractivity contribution in [2.45, 2.75) is 38.8 Å². The van der Waals surface area contributed by atoms with Gasteiger partial charge in [0.2, 0.25) is 0 Å². The van der Waals surface area contributed by atoms with Crippen LogP contribution in [0.25, 0.3) is 11.4 Å². The van der Waals surface area contributed by atoms with Crippen LogP contribution in [0.3, 0.4) is 0 Å². The third-order valence-corrected chi connectivity index (χ3v) is 4.36. The molecule has 2 aromatic rings. The molecule has 0 unspecified atom stereocenters. The van der Waals surface area contributed by atoms with Gasteiger partial charge < -0.3 is 5.73 Å². The first-order chi connectivity index (χ1) is 10.7. The summed E-state index contributed by atoms with van der Waals surface area (Å²) in [5, 5.41) is 0. The normalized spacial score (nSPS) is 19.8. The summed E-state index contributed by atoms with van der Waals surface area (Å²) in [5.41, 5.74) is 9.52. The molecule has 4 heteroatoms. The van der Waals surface area contributed by atoms with E-state index in [0.717, 1.165) is 43.9 Å². The molecule has 1 aliphatic rings. The fourth-order valence-electron chi connectivity index (χ4n) is 3.00. The van der Waals surface area contributed by atoms with Gasteiger partial charge in [-0.15, -0.1) is 0 Å². The SMILES string of the molecule is Cc1ccccc1-c1ncc(CN2CCC[C@H](N)CC2)cn1. The van der Waals surface area contributed by atoms with Gasteiger partial charge in [-0.1, -0.05) is 24.3 Å². The quantitative estimate of drug-likeness (QED) is 0.946. The van der Waals surface area contributed by atoms with Crippen LogP contribution in [-0.4, -0.2) is 34.0 Å². The molecule has 0 aliphatic carbocycles. The van der Waals surface area contributed by atoms with Crippen molar-refractivity contribution >= 4 is 0 Å². The van der Waals surface area contributed by atoms with Crippen LogP contribution >= 0.6 is 0 Å². The van der Waals surface area contributed by atoms with E-state index in [9.17, 15) is 0 Å². The van der Waals surface area contributed by atoms with Crippen LogP contribution in [0.15, 0.2) is 36.7 Å². The lowest BCUT2D eigenvalue weighted by Crippen LogP contribution is -2.26. The Kier molecular flexibility index (Phi) is 4.80. The Bertz CT molecular complexity index is 609. The highest BCUT2D eigenvalue weighted by molar-refractivity contribution is 5.59. The van der Waals surface area contributed by atoms with Gasteiger partial charge in [-0.05, 0) is 44.8 Å². The number of hydrogen-bond donors (Lipinski definition) is 1. The third-order valence-electron chi connectivity index (χ3n) is 4.36. The van der Waals surface area contributed by atoms with E-state index in [2.05, 4.69) is 33.9 Å². The van der Waals surface area contributed by atoms with E-state index in [0.29, 0.717) is 6.04 Å². The zero-order valence-electron chi connectivity index (χ0n) is 13.2. The second kappa shape index (κ2) is 6.99. The van der Waals surface area contributed by atoms with Crippen molar-refractivity contribution in [3.8, 4) is 11.4 Å². The largest absolute Gasteiger partial charge is 0.328 e. The fraction of sp³-hybridized carbons (Fsp3) is 0.444. The van der Waals surface area contributed by atoms with Crippen molar-refractivity contribution in [3.05, 3.63) is 47.8 Å². The molecule has 1 aromatic carbocycles. The number of hydrogen-bond acceptors (Lipinski definition) is 4. The summed E-state index contributed by atoms with van der Waals surface area (Å²) in [6.07, 6.45) is 7.32. The highest BCUT2D eigenvalue weighted by Crippen LogP contribution is 2.19. The summed E-state index contributed by atoms with van der Waals surface area (Å²) in [7, 11) is 0. The summed E-state index contributed by atoms with van der Waals surface area (Å²) in [4.78, 5) is 11.6.